The van der Waals surface area contributed by atoms with Crippen LogP contribution in [0.5, 0.6) is 0 Å². The summed E-state index contributed by atoms with van der Waals surface area (Å²) in [5.74, 6) is -1.01. The summed E-state index contributed by atoms with van der Waals surface area (Å²) in [6.07, 6.45) is 77.7. The summed E-state index contributed by atoms with van der Waals surface area (Å²) in [6, 6.07) is 0. The van der Waals surface area contributed by atoms with Gasteiger partial charge in [-0.3, -0.25) is 14.4 Å². The van der Waals surface area contributed by atoms with Gasteiger partial charge in [0.05, 0.1) is 0 Å². The van der Waals surface area contributed by atoms with E-state index in [0.717, 1.165) is 103 Å². The topological polar surface area (TPSA) is 78.9 Å². The molecule has 0 fully saturated rings. The molecule has 0 aliphatic heterocycles. The molecule has 0 aliphatic carbocycles. The van der Waals surface area contributed by atoms with Crippen LogP contribution in [0.15, 0.2) is 122 Å². The maximum Gasteiger partial charge on any atom is 0.306 e. The number of hydrogen-bond donors (Lipinski definition) is 0. The van der Waals surface area contributed by atoms with Gasteiger partial charge in [-0.05, 0) is 128 Å². The molecule has 390 valence electrons. The van der Waals surface area contributed by atoms with Gasteiger partial charge in [0, 0.05) is 19.3 Å². The van der Waals surface area contributed by atoms with Gasteiger partial charge in [0.2, 0.25) is 0 Å². The highest BCUT2D eigenvalue weighted by Crippen LogP contribution is 2.14. The van der Waals surface area contributed by atoms with Gasteiger partial charge in [-0.1, -0.05) is 213 Å². The standard InChI is InChI=1S/C63H102O6/c1-4-7-10-13-16-19-22-25-28-29-30-31-32-33-36-38-41-44-47-50-53-56-62(65)68-59-60(69-63(66)57-54-51-48-45-42-39-35-27-24-21-18-15-12-9-6-3)58-67-61(64)55-52-49-46-43-40-37-34-26-23-20-17-14-11-8-5-2/h8-9,11-12,17-18,20-22,25-27,29-30,34-35,40,42-43,45,60H,4-7,10,13-16,19,23-24,28,31-33,36-39,41,44,46-59H2,1-3H3/b11-8-,12-9-,20-17-,21-18-,25-22-,30-29-,34-26-,35-27-,43-40-,45-42-. The number of carbonyl (C=O) groups is 3. The molecule has 69 heavy (non-hydrogen) atoms. The Kier molecular flexibility index (Phi) is 53.0. The second kappa shape index (κ2) is 56.4. The van der Waals surface area contributed by atoms with E-state index in [9.17, 15) is 14.4 Å². The highest BCUT2D eigenvalue weighted by atomic mass is 16.6. The maximum absolute atomic E-state index is 12.8. The monoisotopic (exact) mass is 955 g/mol. The van der Waals surface area contributed by atoms with Crippen molar-refractivity contribution in [1.82, 2.24) is 0 Å². The fraction of sp³-hybridized carbons (Fsp3) is 0.635. The Hall–Kier alpha value is -4.19. The minimum Gasteiger partial charge on any atom is -0.462 e. The summed E-state index contributed by atoms with van der Waals surface area (Å²) in [5, 5.41) is 0. The van der Waals surface area contributed by atoms with Gasteiger partial charge in [0.1, 0.15) is 13.2 Å². The van der Waals surface area contributed by atoms with Crippen LogP contribution in [0.4, 0.5) is 0 Å². The van der Waals surface area contributed by atoms with Crippen LogP contribution >= 0.6 is 0 Å². The van der Waals surface area contributed by atoms with Crippen LogP contribution in [0, 0.1) is 0 Å². The van der Waals surface area contributed by atoms with E-state index in [1.54, 1.807) is 0 Å². The Morgan fingerprint density at radius 1 is 0.304 bits per heavy atom. The number of rotatable bonds is 49. The highest BCUT2D eigenvalue weighted by molar-refractivity contribution is 5.71. The Morgan fingerprint density at radius 3 is 0.913 bits per heavy atom. The highest BCUT2D eigenvalue weighted by Gasteiger charge is 2.19. The molecule has 0 aromatic heterocycles. The molecular weight excluding hydrogens is 853 g/mol. The van der Waals surface area contributed by atoms with Crippen LogP contribution in [0.2, 0.25) is 0 Å². The van der Waals surface area contributed by atoms with Crippen LogP contribution < -0.4 is 0 Å². The van der Waals surface area contributed by atoms with Crippen LogP contribution in [-0.2, 0) is 28.6 Å². The fourth-order valence-electron chi connectivity index (χ4n) is 7.28. The average Bonchev–Trinajstić information content (AvgIpc) is 3.35. The van der Waals surface area contributed by atoms with Crippen LogP contribution in [0.1, 0.15) is 239 Å². The summed E-state index contributed by atoms with van der Waals surface area (Å²) in [6.45, 7) is 6.32. The quantitative estimate of drug-likeness (QED) is 0.0262. The molecule has 0 heterocycles. The third-order valence-corrected chi connectivity index (χ3v) is 11.4. The molecule has 0 radical (unpaired) electrons. The van der Waals surface area contributed by atoms with E-state index in [1.165, 1.54) is 83.5 Å². The summed E-state index contributed by atoms with van der Waals surface area (Å²) in [4.78, 5) is 38.1. The second-order valence-corrected chi connectivity index (χ2v) is 18.1. The first-order valence-corrected chi connectivity index (χ1v) is 28.0. The summed E-state index contributed by atoms with van der Waals surface area (Å²) in [5.41, 5.74) is 0. The molecule has 6 heteroatoms. The van der Waals surface area contributed by atoms with Crippen molar-refractivity contribution in [2.45, 2.75) is 245 Å². The lowest BCUT2D eigenvalue weighted by Gasteiger charge is -2.18. The third kappa shape index (κ3) is 54.6. The zero-order valence-electron chi connectivity index (χ0n) is 44.5. The Labute approximate surface area is 424 Å². The predicted molar refractivity (Wildman–Crippen MR) is 297 cm³/mol. The molecular formula is C63H102O6. The van der Waals surface area contributed by atoms with Crippen LogP contribution in [0.25, 0.3) is 0 Å². The molecule has 0 saturated carbocycles. The van der Waals surface area contributed by atoms with Gasteiger partial charge < -0.3 is 14.2 Å². The first-order chi connectivity index (χ1) is 34.0. The normalized spacial score (nSPS) is 13.0. The first kappa shape index (κ1) is 64.8. The van der Waals surface area contributed by atoms with Crippen molar-refractivity contribution in [1.29, 1.82) is 0 Å². The summed E-state index contributed by atoms with van der Waals surface area (Å²) >= 11 is 0. The lowest BCUT2D eigenvalue weighted by Crippen LogP contribution is -2.30. The molecule has 0 aromatic carbocycles. The van der Waals surface area contributed by atoms with Gasteiger partial charge in [0.15, 0.2) is 6.10 Å². The minimum absolute atomic E-state index is 0.113. The van der Waals surface area contributed by atoms with Gasteiger partial charge in [0.25, 0.3) is 0 Å². The number of allylic oxidation sites excluding steroid dienone is 20. The van der Waals surface area contributed by atoms with Gasteiger partial charge in [-0.2, -0.15) is 0 Å². The molecule has 0 bridgehead atoms. The van der Waals surface area contributed by atoms with Crippen molar-refractivity contribution in [2.24, 2.45) is 0 Å². The van der Waals surface area contributed by atoms with E-state index in [4.69, 9.17) is 14.2 Å². The molecule has 0 aromatic rings. The van der Waals surface area contributed by atoms with Crippen molar-refractivity contribution in [2.75, 3.05) is 13.2 Å². The summed E-state index contributed by atoms with van der Waals surface area (Å²) in [7, 11) is 0. The van der Waals surface area contributed by atoms with Crippen molar-refractivity contribution in [3.05, 3.63) is 122 Å². The van der Waals surface area contributed by atoms with E-state index in [1.807, 2.05) is 0 Å². The molecule has 0 rings (SSSR count). The molecule has 6 nitrogen and oxygen atoms in total. The zero-order chi connectivity index (χ0) is 50.0. The lowest BCUT2D eigenvalue weighted by molar-refractivity contribution is -0.167. The Balaban J connectivity index is 4.48. The molecule has 0 amide bonds. The van der Waals surface area contributed by atoms with E-state index in [2.05, 4.69) is 142 Å². The first-order valence-electron chi connectivity index (χ1n) is 28.0. The Bertz CT molecular complexity index is 1470. The van der Waals surface area contributed by atoms with Crippen molar-refractivity contribution < 1.29 is 28.6 Å². The van der Waals surface area contributed by atoms with Crippen molar-refractivity contribution in [3.8, 4) is 0 Å². The molecule has 1 unspecified atom stereocenters. The van der Waals surface area contributed by atoms with Crippen molar-refractivity contribution >= 4 is 17.9 Å². The Morgan fingerprint density at radius 2 is 0.565 bits per heavy atom. The number of ether oxygens (including phenoxy) is 3. The van der Waals surface area contributed by atoms with Crippen LogP contribution in [-0.4, -0.2) is 37.2 Å². The van der Waals surface area contributed by atoms with E-state index >= 15 is 0 Å². The minimum atomic E-state index is -0.822. The van der Waals surface area contributed by atoms with Gasteiger partial charge >= 0.3 is 17.9 Å². The molecule has 0 N–H and O–H groups in total. The molecule has 1 atom stereocenters. The number of esters is 3. The number of hydrogen-bond acceptors (Lipinski definition) is 6. The second-order valence-electron chi connectivity index (χ2n) is 18.1. The smallest absolute Gasteiger partial charge is 0.306 e. The maximum atomic E-state index is 12.8. The number of unbranched alkanes of at least 4 members (excludes halogenated alkanes) is 18. The van der Waals surface area contributed by atoms with Gasteiger partial charge in [-0.15, -0.1) is 0 Å². The van der Waals surface area contributed by atoms with Crippen molar-refractivity contribution in [3.63, 3.8) is 0 Å². The largest absolute Gasteiger partial charge is 0.462 e. The van der Waals surface area contributed by atoms with E-state index in [-0.39, 0.29) is 37.5 Å². The fourth-order valence-corrected chi connectivity index (χ4v) is 7.28. The average molecular weight is 956 g/mol. The third-order valence-electron chi connectivity index (χ3n) is 11.4. The van der Waals surface area contributed by atoms with E-state index < -0.39 is 6.10 Å². The summed E-state index contributed by atoms with van der Waals surface area (Å²) < 4.78 is 16.8. The molecule has 0 aliphatic rings. The zero-order valence-corrected chi connectivity index (χ0v) is 44.5. The lowest BCUT2D eigenvalue weighted by atomic mass is 10.1. The molecule has 0 spiro atoms. The van der Waals surface area contributed by atoms with Crippen LogP contribution in [0.3, 0.4) is 0 Å². The number of carbonyl (C=O) groups excluding carboxylic acids is 3. The molecule has 0 saturated heterocycles. The van der Waals surface area contributed by atoms with Gasteiger partial charge in [-0.25, -0.2) is 0 Å². The predicted octanol–water partition coefficient (Wildman–Crippen LogP) is 18.9. The SMILES string of the molecule is CC/C=C\C/C=C\C/C=C\C/C=C\CCCCC(=O)OCC(COC(=O)CCCCCCCCCCC/C=C\C/C=C\CCCCCCC)OC(=O)CCCC/C=C\C/C=C\C/C=C\C/C=C\CC. The van der Waals surface area contributed by atoms with E-state index in [0.29, 0.717) is 25.7 Å².